The molecule has 1 atom stereocenters. The second-order valence-electron chi connectivity index (χ2n) is 6.40. The van der Waals surface area contributed by atoms with Crippen LogP contribution in [0.15, 0.2) is 24.4 Å². The molecule has 0 fully saturated rings. The smallest absolute Gasteiger partial charge is 0.306 e. The van der Waals surface area contributed by atoms with Crippen LogP contribution in [-0.2, 0) is 23.2 Å². The van der Waals surface area contributed by atoms with Crippen LogP contribution < -0.4 is 0 Å². The van der Waals surface area contributed by atoms with E-state index in [0.29, 0.717) is 11.2 Å². The Kier molecular flexibility index (Phi) is 4.99. The molecule has 0 aliphatic rings. The monoisotopic (exact) mass is 354 g/mol. The number of hydrogen-bond donors (Lipinski definition) is 1. The highest BCUT2D eigenvalue weighted by atomic mass is 16.5. The summed E-state index contributed by atoms with van der Waals surface area (Å²) in [5.41, 5.74) is 6.02. The van der Waals surface area contributed by atoms with E-state index in [4.69, 9.17) is 4.74 Å². The number of benzene rings is 1. The van der Waals surface area contributed by atoms with Gasteiger partial charge in [0.15, 0.2) is 5.65 Å². The number of aliphatic hydroxyl groups is 1. The van der Waals surface area contributed by atoms with Crippen LogP contribution in [0.4, 0.5) is 0 Å². The molecule has 3 aromatic rings. The van der Waals surface area contributed by atoms with Crippen LogP contribution in [0.1, 0.15) is 40.2 Å². The number of aliphatic hydroxyl groups excluding tert-OH is 1. The molecule has 0 aliphatic heterocycles. The number of carbonyl (C=O) groups is 1. The molecular weight excluding hydrogens is 332 g/mol. The number of esters is 1. The molecule has 0 amide bonds. The fraction of sp³-hybridized carbons (Fsp3) is 0.368. The van der Waals surface area contributed by atoms with E-state index in [2.05, 4.69) is 15.3 Å². The highest BCUT2D eigenvalue weighted by Crippen LogP contribution is 2.33. The number of carbonyl (C=O) groups excluding carboxylic acids is 1. The summed E-state index contributed by atoms with van der Waals surface area (Å²) >= 11 is 0. The van der Waals surface area contributed by atoms with Crippen LogP contribution >= 0.6 is 0 Å². The molecule has 0 saturated heterocycles. The zero-order chi connectivity index (χ0) is 18.8. The van der Waals surface area contributed by atoms with Gasteiger partial charge in [-0.2, -0.15) is 0 Å². The Morgan fingerprint density at radius 1 is 1.35 bits per heavy atom. The molecule has 1 unspecified atom stereocenters. The zero-order valence-electron chi connectivity index (χ0n) is 15.4. The molecule has 0 saturated carbocycles. The van der Waals surface area contributed by atoms with Gasteiger partial charge in [0, 0.05) is 19.2 Å². The Labute approximate surface area is 151 Å². The normalized spacial score (nSPS) is 12.3. The van der Waals surface area contributed by atoms with E-state index in [9.17, 15) is 9.90 Å². The van der Waals surface area contributed by atoms with Crippen LogP contribution in [0.3, 0.4) is 0 Å². The van der Waals surface area contributed by atoms with Crippen molar-refractivity contribution in [2.24, 2.45) is 7.05 Å². The molecular formula is C19H22N4O3. The second kappa shape index (κ2) is 7.21. The van der Waals surface area contributed by atoms with E-state index in [1.807, 2.05) is 32.0 Å². The maximum absolute atomic E-state index is 12.0. The standard InChI is InChI=1S/C19H22N4O3/c1-11-5-6-13(7-14(11)10-24)15(8-17(25)26-4)16-9-20-19-18(12(16)2)21-22-23(19)3/h5-7,9,15,24H,8,10H2,1-4H3. The van der Waals surface area contributed by atoms with Gasteiger partial charge in [-0.15, -0.1) is 5.10 Å². The van der Waals surface area contributed by atoms with Crippen LogP contribution in [0.2, 0.25) is 0 Å². The van der Waals surface area contributed by atoms with Gasteiger partial charge in [0.1, 0.15) is 5.52 Å². The Bertz CT molecular complexity index is 965. The zero-order valence-corrected chi connectivity index (χ0v) is 15.4. The summed E-state index contributed by atoms with van der Waals surface area (Å²) in [6.45, 7) is 3.85. The number of nitrogens with zero attached hydrogens (tertiary/aromatic N) is 4. The lowest BCUT2D eigenvalue weighted by atomic mass is 9.85. The van der Waals surface area contributed by atoms with Crippen LogP contribution in [0.25, 0.3) is 11.2 Å². The van der Waals surface area contributed by atoms with E-state index in [1.165, 1.54) is 7.11 Å². The molecule has 3 rings (SSSR count). The third-order valence-electron chi connectivity index (χ3n) is 4.83. The van der Waals surface area contributed by atoms with Crippen molar-refractivity contribution in [1.29, 1.82) is 0 Å². The minimum atomic E-state index is -0.306. The van der Waals surface area contributed by atoms with E-state index in [-0.39, 0.29) is 24.9 Å². The first-order valence-corrected chi connectivity index (χ1v) is 8.38. The minimum absolute atomic E-state index is 0.0506. The van der Waals surface area contributed by atoms with Crippen LogP contribution in [-0.4, -0.2) is 38.2 Å². The third-order valence-corrected chi connectivity index (χ3v) is 4.83. The van der Waals surface area contributed by atoms with E-state index >= 15 is 0 Å². The van der Waals surface area contributed by atoms with Gasteiger partial charge in [0.05, 0.1) is 20.1 Å². The summed E-state index contributed by atoms with van der Waals surface area (Å²) < 4.78 is 6.52. The summed E-state index contributed by atoms with van der Waals surface area (Å²) in [7, 11) is 3.17. The molecule has 26 heavy (non-hydrogen) atoms. The van der Waals surface area contributed by atoms with Gasteiger partial charge in [0.25, 0.3) is 0 Å². The molecule has 1 N–H and O–H groups in total. The number of pyridine rings is 1. The number of fused-ring (bicyclic) bond motifs is 1. The molecule has 0 bridgehead atoms. The van der Waals surface area contributed by atoms with E-state index < -0.39 is 0 Å². The molecule has 136 valence electrons. The van der Waals surface area contributed by atoms with E-state index in [0.717, 1.165) is 27.8 Å². The van der Waals surface area contributed by atoms with Crippen molar-refractivity contribution in [1.82, 2.24) is 20.0 Å². The van der Waals surface area contributed by atoms with Crippen molar-refractivity contribution in [3.63, 3.8) is 0 Å². The topological polar surface area (TPSA) is 90.1 Å². The predicted octanol–water partition coefficient (Wildman–Crippen LogP) is 2.17. The molecule has 7 nitrogen and oxygen atoms in total. The first kappa shape index (κ1) is 18.0. The van der Waals surface area contributed by atoms with Crippen molar-refractivity contribution in [3.05, 3.63) is 52.2 Å². The number of hydrogen-bond acceptors (Lipinski definition) is 6. The van der Waals surface area contributed by atoms with Crippen LogP contribution in [0.5, 0.6) is 0 Å². The maximum Gasteiger partial charge on any atom is 0.306 e. The van der Waals surface area contributed by atoms with Crippen molar-refractivity contribution >= 4 is 17.1 Å². The summed E-state index contributed by atoms with van der Waals surface area (Å²) in [5, 5.41) is 17.8. The first-order chi connectivity index (χ1) is 12.5. The van der Waals surface area contributed by atoms with Gasteiger partial charge in [-0.05, 0) is 41.7 Å². The number of rotatable bonds is 5. The largest absolute Gasteiger partial charge is 0.469 e. The molecule has 0 aliphatic carbocycles. The summed E-state index contributed by atoms with van der Waals surface area (Å²) in [6.07, 6.45) is 1.95. The third kappa shape index (κ3) is 3.17. The lowest BCUT2D eigenvalue weighted by Gasteiger charge is -2.20. The summed E-state index contributed by atoms with van der Waals surface area (Å²) in [6, 6.07) is 5.86. The quantitative estimate of drug-likeness (QED) is 0.706. The van der Waals surface area contributed by atoms with Gasteiger partial charge < -0.3 is 9.84 Å². The average Bonchev–Trinajstić information content (AvgIpc) is 3.02. The average molecular weight is 354 g/mol. The highest BCUT2D eigenvalue weighted by molar-refractivity contribution is 5.77. The molecule has 2 heterocycles. The first-order valence-electron chi connectivity index (χ1n) is 8.38. The lowest BCUT2D eigenvalue weighted by Crippen LogP contribution is -2.12. The maximum atomic E-state index is 12.0. The SMILES string of the molecule is COC(=O)CC(c1ccc(C)c(CO)c1)c1cnc2c(nnn2C)c1C. The summed E-state index contributed by atoms with van der Waals surface area (Å²) in [4.78, 5) is 16.5. The Morgan fingerprint density at radius 2 is 2.12 bits per heavy atom. The van der Waals surface area contributed by atoms with Gasteiger partial charge >= 0.3 is 5.97 Å². The lowest BCUT2D eigenvalue weighted by molar-refractivity contribution is -0.140. The summed E-state index contributed by atoms with van der Waals surface area (Å²) in [5.74, 6) is -0.549. The van der Waals surface area contributed by atoms with Gasteiger partial charge in [0.2, 0.25) is 0 Å². The molecule has 0 radical (unpaired) electrons. The Balaban J connectivity index is 2.15. The Morgan fingerprint density at radius 3 is 2.81 bits per heavy atom. The molecule has 0 spiro atoms. The van der Waals surface area contributed by atoms with Gasteiger partial charge in [-0.3, -0.25) is 4.79 Å². The Hall–Kier alpha value is -2.80. The van der Waals surface area contributed by atoms with Crippen molar-refractivity contribution in [2.45, 2.75) is 32.8 Å². The number of aryl methyl sites for hydroxylation is 3. The fourth-order valence-electron chi connectivity index (χ4n) is 3.19. The molecule has 2 aromatic heterocycles. The number of methoxy groups -OCH3 is 1. The number of ether oxygens (including phenoxy) is 1. The van der Waals surface area contributed by atoms with Crippen LogP contribution in [0, 0.1) is 13.8 Å². The van der Waals surface area contributed by atoms with Crippen molar-refractivity contribution in [2.75, 3.05) is 7.11 Å². The number of aromatic nitrogens is 4. The van der Waals surface area contributed by atoms with Gasteiger partial charge in [-0.1, -0.05) is 23.4 Å². The highest BCUT2D eigenvalue weighted by Gasteiger charge is 2.23. The predicted molar refractivity (Wildman–Crippen MR) is 96.6 cm³/mol. The van der Waals surface area contributed by atoms with Gasteiger partial charge in [-0.25, -0.2) is 9.67 Å². The molecule has 7 heteroatoms. The van der Waals surface area contributed by atoms with E-state index in [1.54, 1.807) is 17.9 Å². The molecule has 1 aromatic carbocycles. The van der Waals surface area contributed by atoms with Crippen molar-refractivity contribution < 1.29 is 14.6 Å². The fourth-order valence-corrected chi connectivity index (χ4v) is 3.19. The van der Waals surface area contributed by atoms with Crippen molar-refractivity contribution in [3.8, 4) is 0 Å². The second-order valence-corrected chi connectivity index (χ2v) is 6.40. The minimum Gasteiger partial charge on any atom is -0.469 e.